The van der Waals surface area contributed by atoms with E-state index in [1.165, 1.54) is 11.9 Å². The van der Waals surface area contributed by atoms with Crippen LogP contribution in [0.1, 0.15) is 18.2 Å². The zero-order valence-corrected chi connectivity index (χ0v) is 18.1. The van der Waals surface area contributed by atoms with Gasteiger partial charge in [-0.1, -0.05) is 29.3 Å². The van der Waals surface area contributed by atoms with Crippen molar-refractivity contribution < 1.29 is 27.8 Å². The molecule has 0 saturated carbocycles. The van der Waals surface area contributed by atoms with E-state index in [1.54, 1.807) is 4.68 Å². The van der Waals surface area contributed by atoms with Crippen molar-refractivity contribution in [2.24, 2.45) is 0 Å². The molecule has 2 aromatic heterocycles. The van der Waals surface area contributed by atoms with Gasteiger partial charge < -0.3 is 15.2 Å². The van der Waals surface area contributed by atoms with Crippen molar-refractivity contribution in [3.8, 4) is 11.6 Å². The smallest absolute Gasteiger partial charge is 0.475 e. The number of carboxylic acids is 1. The molecule has 0 saturated heterocycles. The van der Waals surface area contributed by atoms with Gasteiger partial charge in [0.15, 0.2) is 0 Å². The second kappa shape index (κ2) is 10.8. The number of aliphatic carboxylic acids is 1. The largest absolute Gasteiger partial charge is 0.490 e. The number of hydrogen-bond acceptors (Lipinski definition) is 6. The molecule has 0 aliphatic heterocycles. The molecule has 1 atom stereocenters. The predicted molar refractivity (Wildman–Crippen MR) is 112 cm³/mol. The Labute approximate surface area is 187 Å². The van der Waals surface area contributed by atoms with E-state index in [-0.39, 0.29) is 6.04 Å². The number of anilines is 1. The van der Waals surface area contributed by atoms with Gasteiger partial charge in [0.2, 0.25) is 5.88 Å². The average Bonchev–Trinajstić information content (AvgIpc) is 3.19. The van der Waals surface area contributed by atoms with E-state index in [0.717, 1.165) is 11.4 Å². The van der Waals surface area contributed by atoms with Crippen LogP contribution in [-0.4, -0.2) is 49.6 Å². The molecule has 0 aliphatic carbocycles. The Kier molecular flexibility index (Phi) is 8.41. The van der Waals surface area contributed by atoms with Crippen molar-refractivity contribution in [3.05, 3.63) is 59.1 Å². The third kappa shape index (κ3) is 7.41. The third-order valence-electron chi connectivity index (χ3n) is 3.93. The maximum atomic E-state index is 10.6. The zero-order chi connectivity index (χ0) is 23.9. The van der Waals surface area contributed by atoms with E-state index in [9.17, 15) is 13.2 Å². The van der Waals surface area contributed by atoms with E-state index in [4.69, 9.17) is 26.2 Å². The van der Waals surface area contributed by atoms with Gasteiger partial charge in [0, 0.05) is 12.3 Å². The minimum atomic E-state index is -5.08. The lowest BCUT2D eigenvalue weighted by Crippen LogP contribution is -2.24. The van der Waals surface area contributed by atoms with Gasteiger partial charge >= 0.3 is 12.1 Å². The molecule has 0 radical (unpaired) electrons. The first-order chi connectivity index (χ1) is 15.0. The molecule has 12 heteroatoms. The maximum absolute atomic E-state index is 10.6. The number of aromatic nitrogens is 4. The first-order valence-corrected chi connectivity index (χ1v) is 9.64. The Balaban J connectivity index is 0.000000451. The van der Waals surface area contributed by atoms with Crippen molar-refractivity contribution in [2.45, 2.75) is 33.0 Å². The molecule has 3 rings (SSSR count). The lowest BCUT2D eigenvalue weighted by atomic mass is 10.2. The van der Waals surface area contributed by atoms with Gasteiger partial charge in [0.05, 0.1) is 17.4 Å². The fourth-order valence-electron chi connectivity index (χ4n) is 2.27. The molecule has 32 heavy (non-hydrogen) atoms. The van der Waals surface area contributed by atoms with Crippen molar-refractivity contribution in [1.29, 1.82) is 0 Å². The van der Waals surface area contributed by atoms with Gasteiger partial charge in [0.1, 0.15) is 23.8 Å². The Bertz CT molecular complexity index is 1040. The number of aryl methyl sites for hydroxylation is 2. The lowest BCUT2D eigenvalue weighted by Gasteiger charge is -2.15. The molecular formula is C20H21ClF3N5O3. The van der Waals surface area contributed by atoms with Gasteiger partial charge in [-0.15, -0.1) is 5.10 Å². The summed E-state index contributed by atoms with van der Waals surface area (Å²) >= 11 is 6.19. The standard InChI is InChI=1S/C18H20ClN5O.C2HF3O2/c1-12-4-6-15(7-5-12)24-9-8-16(23-24)25-10-13(2)22-18-17(19)14(3)20-11-21-18;3-2(4,5)1(6)7/h4-9,11,13H,10H2,1-3H3,(H,20,21,22);(H,6,7). The first-order valence-electron chi connectivity index (χ1n) is 9.26. The highest BCUT2D eigenvalue weighted by Gasteiger charge is 2.38. The number of rotatable bonds is 6. The summed E-state index contributed by atoms with van der Waals surface area (Å²) in [5.74, 6) is -1.58. The summed E-state index contributed by atoms with van der Waals surface area (Å²) in [6, 6.07) is 10.0. The molecule has 0 bridgehead atoms. The van der Waals surface area contributed by atoms with Gasteiger partial charge in [0.25, 0.3) is 0 Å². The highest BCUT2D eigenvalue weighted by atomic mass is 35.5. The number of hydrogen-bond donors (Lipinski definition) is 2. The number of benzene rings is 1. The molecule has 0 spiro atoms. The predicted octanol–water partition coefficient (Wildman–Crippen LogP) is 4.45. The fraction of sp³-hybridized carbons (Fsp3) is 0.300. The van der Waals surface area contributed by atoms with Crippen LogP contribution in [0.4, 0.5) is 19.0 Å². The number of nitrogens with zero attached hydrogens (tertiary/aromatic N) is 4. The molecule has 1 aromatic carbocycles. The molecule has 0 amide bonds. The topological polar surface area (TPSA) is 102 Å². The van der Waals surface area contributed by atoms with Gasteiger partial charge in [-0.05, 0) is 32.9 Å². The molecule has 1 unspecified atom stereocenters. The van der Waals surface area contributed by atoms with E-state index in [0.29, 0.717) is 23.3 Å². The minimum absolute atomic E-state index is 0.0105. The van der Waals surface area contributed by atoms with Crippen LogP contribution in [-0.2, 0) is 4.79 Å². The van der Waals surface area contributed by atoms with Crippen LogP contribution in [0, 0.1) is 13.8 Å². The second-order valence-electron chi connectivity index (χ2n) is 6.72. The van der Waals surface area contributed by atoms with E-state index >= 15 is 0 Å². The third-order valence-corrected chi connectivity index (χ3v) is 4.39. The molecule has 3 aromatic rings. The highest BCUT2D eigenvalue weighted by molar-refractivity contribution is 6.33. The molecular weight excluding hydrogens is 451 g/mol. The van der Waals surface area contributed by atoms with Gasteiger partial charge in [-0.3, -0.25) is 0 Å². The van der Waals surface area contributed by atoms with E-state index in [2.05, 4.69) is 39.4 Å². The number of carboxylic acid groups (broad SMARTS) is 1. The maximum Gasteiger partial charge on any atom is 0.490 e. The summed E-state index contributed by atoms with van der Waals surface area (Å²) in [5, 5.41) is 15.3. The number of nitrogens with one attached hydrogen (secondary N) is 1. The van der Waals surface area contributed by atoms with Crippen LogP contribution >= 0.6 is 11.6 Å². The van der Waals surface area contributed by atoms with Gasteiger partial charge in [-0.25, -0.2) is 19.4 Å². The van der Waals surface area contributed by atoms with Gasteiger partial charge in [-0.2, -0.15) is 13.2 Å². The number of carbonyl (C=O) groups is 1. The molecule has 0 fully saturated rings. The summed E-state index contributed by atoms with van der Waals surface area (Å²) in [6.45, 7) is 6.32. The minimum Gasteiger partial charge on any atom is -0.475 e. The van der Waals surface area contributed by atoms with Crippen LogP contribution < -0.4 is 10.1 Å². The Hall–Kier alpha value is -3.34. The molecule has 2 heterocycles. The van der Waals surface area contributed by atoms with Crippen LogP contribution in [0.2, 0.25) is 5.02 Å². The summed E-state index contributed by atoms with van der Waals surface area (Å²) in [5.41, 5.74) is 2.95. The lowest BCUT2D eigenvalue weighted by molar-refractivity contribution is -0.192. The summed E-state index contributed by atoms with van der Waals surface area (Å²) in [7, 11) is 0. The van der Waals surface area contributed by atoms with E-state index in [1.807, 2.05) is 38.2 Å². The van der Waals surface area contributed by atoms with Crippen LogP contribution in [0.3, 0.4) is 0 Å². The average molecular weight is 472 g/mol. The Morgan fingerprint density at radius 1 is 1.22 bits per heavy atom. The highest BCUT2D eigenvalue weighted by Crippen LogP contribution is 2.21. The fourth-order valence-corrected chi connectivity index (χ4v) is 2.42. The second-order valence-corrected chi connectivity index (χ2v) is 7.09. The molecule has 172 valence electrons. The molecule has 0 aliphatic rings. The summed E-state index contributed by atoms with van der Waals surface area (Å²) in [6.07, 6.45) is -1.72. The quantitative estimate of drug-likeness (QED) is 0.547. The Morgan fingerprint density at radius 2 is 1.84 bits per heavy atom. The van der Waals surface area contributed by atoms with Crippen molar-refractivity contribution in [2.75, 3.05) is 11.9 Å². The van der Waals surface area contributed by atoms with Crippen molar-refractivity contribution >= 4 is 23.4 Å². The SMILES string of the molecule is Cc1ccc(-n2ccc(OCC(C)Nc3ncnc(C)c3Cl)n2)cc1.O=C(O)C(F)(F)F. The number of halogens is 4. The summed E-state index contributed by atoms with van der Waals surface area (Å²) < 4.78 is 39.3. The summed E-state index contributed by atoms with van der Waals surface area (Å²) in [4.78, 5) is 17.1. The zero-order valence-electron chi connectivity index (χ0n) is 17.4. The Morgan fingerprint density at radius 3 is 2.44 bits per heavy atom. The number of alkyl halides is 3. The normalized spacial score (nSPS) is 11.8. The van der Waals surface area contributed by atoms with E-state index < -0.39 is 12.1 Å². The van der Waals surface area contributed by atoms with Crippen molar-refractivity contribution in [3.63, 3.8) is 0 Å². The molecule has 2 N–H and O–H groups in total. The van der Waals surface area contributed by atoms with Crippen LogP contribution in [0.5, 0.6) is 5.88 Å². The number of ether oxygens (including phenoxy) is 1. The van der Waals surface area contributed by atoms with Crippen LogP contribution in [0.15, 0.2) is 42.9 Å². The van der Waals surface area contributed by atoms with Crippen molar-refractivity contribution in [1.82, 2.24) is 19.7 Å². The van der Waals surface area contributed by atoms with Crippen LogP contribution in [0.25, 0.3) is 5.69 Å². The monoisotopic (exact) mass is 471 g/mol. The molecule has 8 nitrogen and oxygen atoms in total. The first kappa shape index (κ1) is 24.9.